The zero-order chi connectivity index (χ0) is 12.6. The van der Waals surface area contributed by atoms with E-state index < -0.39 is 5.97 Å². The number of carbonyl (C=O) groups is 1. The van der Waals surface area contributed by atoms with Crippen molar-refractivity contribution in [2.45, 2.75) is 6.92 Å². The van der Waals surface area contributed by atoms with Gasteiger partial charge in [-0.3, -0.25) is 0 Å². The van der Waals surface area contributed by atoms with Crippen LogP contribution >= 0.6 is 27.3 Å². The summed E-state index contributed by atoms with van der Waals surface area (Å²) >= 11 is 4.66. The first kappa shape index (κ1) is 12.1. The Kier molecular flexibility index (Phi) is 3.22. The molecule has 0 saturated carbocycles. The molecular weight excluding hydrogens is 302 g/mol. The van der Waals surface area contributed by atoms with Crippen molar-refractivity contribution in [2.24, 2.45) is 0 Å². The second-order valence-electron chi connectivity index (χ2n) is 3.68. The lowest BCUT2D eigenvalue weighted by Crippen LogP contribution is -1.96. The van der Waals surface area contributed by atoms with Gasteiger partial charge in [-0.05, 0) is 24.6 Å². The maximum Gasteiger partial charge on any atom is 0.348 e. The zero-order valence-corrected chi connectivity index (χ0v) is 11.4. The van der Waals surface area contributed by atoms with E-state index in [4.69, 9.17) is 10.8 Å². The third-order valence-corrected chi connectivity index (χ3v) is 4.17. The summed E-state index contributed by atoms with van der Waals surface area (Å²) in [5.41, 5.74) is 8.08. The molecule has 0 saturated heterocycles. The summed E-state index contributed by atoms with van der Waals surface area (Å²) in [5.74, 6) is -0.984. The second-order valence-corrected chi connectivity index (χ2v) is 5.59. The summed E-state index contributed by atoms with van der Waals surface area (Å²) in [6.45, 7) is 2.00. The number of rotatable bonds is 2. The van der Waals surface area contributed by atoms with Gasteiger partial charge in [0.1, 0.15) is 4.88 Å². The fourth-order valence-electron chi connectivity index (χ4n) is 1.52. The van der Waals surface area contributed by atoms with Gasteiger partial charge in [-0.15, -0.1) is 11.3 Å². The van der Waals surface area contributed by atoms with Crippen molar-refractivity contribution >= 4 is 38.9 Å². The molecule has 2 rings (SSSR count). The van der Waals surface area contributed by atoms with Crippen LogP contribution in [0.5, 0.6) is 0 Å². The molecule has 1 aromatic heterocycles. The van der Waals surface area contributed by atoms with Crippen LogP contribution in [-0.4, -0.2) is 11.1 Å². The number of aromatic carboxylic acids is 1. The van der Waals surface area contributed by atoms with Crippen molar-refractivity contribution in [3.05, 3.63) is 39.2 Å². The quantitative estimate of drug-likeness (QED) is 0.887. The summed E-state index contributed by atoms with van der Waals surface area (Å²) in [7, 11) is 0. The molecule has 0 spiro atoms. The lowest BCUT2D eigenvalue weighted by molar-refractivity contribution is 0.0703. The van der Waals surface area contributed by atoms with Gasteiger partial charge in [0.05, 0.1) is 5.69 Å². The van der Waals surface area contributed by atoms with Gasteiger partial charge in [0.2, 0.25) is 0 Å². The van der Waals surface area contributed by atoms with Crippen LogP contribution in [0.2, 0.25) is 0 Å². The molecule has 0 radical (unpaired) electrons. The van der Waals surface area contributed by atoms with E-state index in [0.29, 0.717) is 5.69 Å². The first-order chi connectivity index (χ1) is 7.99. The SMILES string of the molecule is Cc1ccc(-c2cc(N)c(C(=O)O)s2)c(Br)c1. The van der Waals surface area contributed by atoms with Gasteiger partial charge < -0.3 is 10.8 Å². The second kappa shape index (κ2) is 4.50. The van der Waals surface area contributed by atoms with Crippen molar-refractivity contribution in [3.63, 3.8) is 0 Å². The van der Waals surface area contributed by atoms with Crippen LogP contribution in [0.4, 0.5) is 5.69 Å². The average Bonchev–Trinajstić information content (AvgIpc) is 2.60. The number of carboxylic acid groups (broad SMARTS) is 1. The van der Waals surface area contributed by atoms with Gasteiger partial charge in [-0.1, -0.05) is 28.1 Å². The number of nitrogens with two attached hydrogens (primary N) is 1. The number of hydrogen-bond donors (Lipinski definition) is 2. The molecule has 88 valence electrons. The zero-order valence-electron chi connectivity index (χ0n) is 9.03. The van der Waals surface area contributed by atoms with E-state index in [1.807, 2.05) is 25.1 Å². The molecule has 3 N–H and O–H groups in total. The number of aryl methyl sites for hydroxylation is 1. The van der Waals surface area contributed by atoms with Gasteiger partial charge in [0.15, 0.2) is 0 Å². The Balaban J connectivity index is 2.53. The van der Waals surface area contributed by atoms with Crippen LogP contribution in [-0.2, 0) is 0 Å². The Hall–Kier alpha value is -1.33. The Bertz CT molecular complexity index is 592. The Labute approximate surface area is 111 Å². The highest BCUT2D eigenvalue weighted by molar-refractivity contribution is 9.10. The molecule has 0 aliphatic carbocycles. The number of carboxylic acids is 1. The van der Waals surface area contributed by atoms with E-state index in [1.54, 1.807) is 6.07 Å². The fourth-order valence-corrected chi connectivity index (χ4v) is 3.32. The van der Waals surface area contributed by atoms with Crippen LogP contribution in [0.1, 0.15) is 15.2 Å². The highest BCUT2D eigenvalue weighted by Crippen LogP contribution is 2.37. The number of nitrogen functional groups attached to an aromatic ring is 1. The molecule has 0 bridgehead atoms. The Morgan fingerprint density at radius 3 is 2.65 bits per heavy atom. The number of thiophene rings is 1. The van der Waals surface area contributed by atoms with E-state index in [-0.39, 0.29) is 4.88 Å². The minimum absolute atomic E-state index is 0.187. The highest BCUT2D eigenvalue weighted by Gasteiger charge is 2.15. The first-order valence-corrected chi connectivity index (χ1v) is 6.49. The van der Waals surface area contributed by atoms with Crippen molar-refractivity contribution < 1.29 is 9.90 Å². The number of anilines is 1. The molecule has 3 nitrogen and oxygen atoms in total. The van der Waals surface area contributed by atoms with Crippen LogP contribution in [0.3, 0.4) is 0 Å². The topological polar surface area (TPSA) is 63.3 Å². The number of halogens is 1. The van der Waals surface area contributed by atoms with Crippen molar-refractivity contribution in [2.75, 3.05) is 5.73 Å². The van der Waals surface area contributed by atoms with Gasteiger partial charge in [-0.25, -0.2) is 4.79 Å². The third kappa shape index (κ3) is 2.35. The minimum atomic E-state index is -0.984. The molecule has 17 heavy (non-hydrogen) atoms. The smallest absolute Gasteiger partial charge is 0.348 e. The minimum Gasteiger partial charge on any atom is -0.477 e. The van der Waals surface area contributed by atoms with E-state index >= 15 is 0 Å². The molecule has 0 fully saturated rings. The maximum absolute atomic E-state index is 10.9. The van der Waals surface area contributed by atoms with Crippen LogP contribution < -0.4 is 5.73 Å². The molecule has 1 aromatic carbocycles. The first-order valence-electron chi connectivity index (χ1n) is 4.88. The molecular formula is C12H10BrNO2S. The normalized spacial score (nSPS) is 10.5. The fraction of sp³-hybridized carbons (Fsp3) is 0.0833. The maximum atomic E-state index is 10.9. The van der Waals surface area contributed by atoms with E-state index in [1.165, 1.54) is 11.3 Å². The molecule has 0 atom stereocenters. The van der Waals surface area contributed by atoms with Crippen LogP contribution in [0.25, 0.3) is 10.4 Å². The van der Waals surface area contributed by atoms with Gasteiger partial charge in [0.25, 0.3) is 0 Å². The van der Waals surface area contributed by atoms with E-state index in [9.17, 15) is 4.79 Å². The number of hydrogen-bond acceptors (Lipinski definition) is 3. The molecule has 0 amide bonds. The summed E-state index contributed by atoms with van der Waals surface area (Å²) in [5, 5.41) is 8.96. The van der Waals surface area contributed by atoms with Gasteiger partial charge in [-0.2, -0.15) is 0 Å². The molecule has 0 aliphatic rings. The molecule has 0 unspecified atom stereocenters. The molecule has 0 aliphatic heterocycles. The van der Waals surface area contributed by atoms with Crippen molar-refractivity contribution in [1.29, 1.82) is 0 Å². The van der Waals surface area contributed by atoms with Crippen LogP contribution in [0.15, 0.2) is 28.7 Å². The highest BCUT2D eigenvalue weighted by atomic mass is 79.9. The van der Waals surface area contributed by atoms with E-state index in [0.717, 1.165) is 20.5 Å². The van der Waals surface area contributed by atoms with Gasteiger partial charge >= 0.3 is 5.97 Å². The predicted molar refractivity (Wildman–Crippen MR) is 73.6 cm³/mol. The van der Waals surface area contributed by atoms with Gasteiger partial charge in [0, 0.05) is 14.9 Å². The average molecular weight is 312 g/mol. The molecule has 5 heteroatoms. The number of benzene rings is 1. The van der Waals surface area contributed by atoms with Crippen molar-refractivity contribution in [3.8, 4) is 10.4 Å². The summed E-state index contributed by atoms with van der Waals surface area (Å²) in [4.78, 5) is 12.0. The molecule has 2 aromatic rings. The summed E-state index contributed by atoms with van der Waals surface area (Å²) in [6, 6.07) is 7.63. The lowest BCUT2D eigenvalue weighted by Gasteiger charge is -2.02. The standard InChI is InChI=1S/C12H10BrNO2S/c1-6-2-3-7(8(13)4-6)10-5-9(14)11(17-10)12(15)16/h2-5H,14H2,1H3,(H,15,16). The lowest BCUT2D eigenvalue weighted by atomic mass is 10.1. The predicted octanol–water partition coefficient (Wildman–Crippen LogP) is 3.77. The Morgan fingerprint density at radius 1 is 1.41 bits per heavy atom. The van der Waals surface area contributed by atoms with Crippen LogP contribution in [0, 0.1) is 6.92 Å². The monoisotopic (exact) mass is 311 g/mol. The Morgan fingerprint density at radius 2 is 2.12 bits per heavy atom. The third-order valence-electron chi connectivity index (χ3n) is 2.35. The summed E-state index contributed by atoms with van der Waals surface area (Å²) in [6.07, 6.45) is 0. The van der Waals surface area contributed by atoms with Crippen molar-refractivity contribution in [1.82, 2.24) is 0 Å². The molecule has 1 heterocycles. The summed E-state index contributed by atoms with van der Waals surface area (Å²) < 4.78 is 0.940. The largest absolute Gasteiger partial charge is 0.477 e. The van der Waals surface area contributed by atoms with E-state index in [2.05, 4.69) is 15.9 Å².